The molecule has 0 fully saturated rings. The molecule has 0 bridgehead atoms. The molecule has 0 aromatic heterocycles. The van der Waals surface area contributed by atoms with Gasteiger partial charge in [-0.15, -0.1) is 0 Å². The van der Waals surface area contributed by atoms with Crippen LogP contribution in [0.4, 0.5) is 5.69 Å². The molecule has 0 aliphatic rings. The minimum atomic E-state index is -0.0974. The number of benzene rings is 1. The highest BCUT2D eigenvalue weighted by molar-refractivity contribution is 6.38. The van der Waals surface area contributed by atoms with Gasteiger partial charge in [-0.05, 0) is 45.4 Å². The average Bonchev–Trinajstić information content (AvgIpc) is 2.29. The van der Waals surface area contributed by atoms with E-state index in [0.717, 1.165) is 5.56 Å². The van der Waals surface area contributed by atoms with E-state index in [-0.39, 0.29) is 11.6 Å². The van der Waals surface area contributed by atoms with Crippen LogP contribution in [0.1, 0.15) is 39.4 Å². The highest BCUT2D eigenvalue weighted by Crippen LogP contribution is 2.32. The normalized spacial score (nSPS) is 13.6. The van der Waals surface area contributed by atoms with Gasteiger partial charge >= 0.3 is 0 Å². The first-order valence-corrected chi connectivity index (χ1v) is 7.11. The van der Waals surface area contributed by atoms with Crippen LogP contribution in [-0.2, 0) is 4.74 Å². The fourth-order valence-electron chi connectivity index (χ4n) is 1.66. The van der Waals surface area contributed by atoms with E-state index in [0.29, 0.717) is 28.9 Å². The largest absolute Gasteiger partial charge is 0.396 e. The first kappa shape index (κ1) is 16.6. The lowest BCUT2D eigenvalue weighted by molar-refractivity contribution is 0.0577. The smallest absolute Gasteiger partial charge is 0.0950 e. The van der Waals surface area contributed by atoms with E-state index in [2.05, 4.69) is 26.1 Å². The first-order valence-electron chi connectivity index (χ1n) is 6.35. The van der Waals surface area contributed by atoms with E-state index >= 15 is 0 Å². The molecular formula is C14H22Cl2N2O. The van der Waals surface area contributed by atoms with Crippen molar-refractivity contribution in [1.29, 1.82) is 0 Å². The van der Waals surface area contributed by atoms with Crippen molar-refractivity contribution in [2.75, 3.05) is 18.9 Å². The number of rotatable bonds is 5. The predicted octanol–water partition coefficient (Wildman–Crippen LogP) is 4.04. The molecule has 3 nitrogen and oxygen atoms in total. The fraction of sp³-hybridized carbons (Fsp3) is 0.571. The van der Waals surface area contributed by atoms with Crippen LogP contribution < -0.4 is 11.1 Å². The summed E-state index contributed by atoms with van der Waals surface area (Å²) in [6.45, 7) is 9.60. The van der Waals surface area contributed by atoms with Crippen LogP contribution in [0, 0.1) is 0 Å². The summed E-state index contributed by atoms with van der Waals surface area (Å²) >= 11 is 12.1. The van der Waals surface area contributed by atoms with Gasteiger partial charge in [0.25, 0.3) is 0 Å². The van der Waals surface area contributed by atoms with Crippen LogP contribution in [0.3, 0.4) is 0 Å². The van der Waals surface area contributed by atoms with Gasteiger partial charge in [0.2, 0.25) is 0 Å². The van der Waals surface area contributed by atoms with Crippen LogP contribution in [0.2, 0.25) is 10.0 Å². The SMILES string of the molecule is CCOC(CNC(C)(C)C)c1cc(Cl)c(N)c(Cl)c1. The lowest BCUT2D eigenvalue weighted by Crippen LogP contribution is -2.39. The van der Waals surface area contributed by atoms with Gasteiger partial charge in [0.15, 0.2) is 0 Å². The third-order valence-corrected chi connectivity index (χ3v) is 3.28. The van der Waals surface area contributed by atoms with Gasteiger partial charge in [0.05, 0.1) is 21.8 Å². The molecule has 0 saturated carbocycles. The summed E-state index contributed by atoms with van der Waals surface area (Å²) in [6, 6.07) is 3.63. The maximum Gasteiger partial charge on any atom is 0.0950 e. The molecule has 0 aliphatic carbocycles. The van der Waals surface area contributed by atoms with Gasteiger partial charge in [-0.2, -0.15) is 0 Å². The summed E-state index contributed by atoms with van der Waals surface area (Å²) in [5.41, 5.74) is 7.11. The highest BCUT2D eigenvalue weighted by atomic mass is 35.5. The molecule has 0 amide bonds. The lowest BCUT2D eigenvalue weighted by atomic mass is 10.1. The van der Waals surface area contributed by atoms with Gasteiger partial charge in [-0.1, -0.05) is 23.2 Å². The van der Waals surface area contributed by atoms with Gasteiger partial charge in [-0.25, -0.2) is 0 Å². The molecule has 3 N–H and O–H groups in total. The van der Waals surface area contributed by atoms with Crippen molar-refractivity contribution >= 4 is 28.9 Å². The number of hydrogen-bond acceptors (Lipinski definition) is 3. The van der Waals surface area contributed by atoms with Gasteiger partial charge in [0.1, 0.15) is 0 Å². The molecule has 5 heteroatoms. The van der Waals surface area contributed by atoms with Crippen molar-refractivity contribution in [2.24, 2.45) is 0 Å². The van der Waals surface area contributed by atoms with E-state index in [4.69, 9.17) is 33.7 Å². The highest BCUT2D eigenvalue weighted by Gasteiger charge is 2.18. The van der Waals surface area contributed by atoms with Crippen LogP contribution in [0.25, 0.3) is 0 Å². The topological polar surface area (TPSA) is 47.3 Å². The van der Waals surface area contributed by atoms with Crippen LogP contribution >= 0.6 is 23.2 Å². The van der Waals surface area contributed by atoms with Crippen LogP contribution in [0.15, 0.2) is 12.1 Å². The number of nitrogen functional groups attached to an aromatic ring is 1. The molecule has 1 rings (SSSR count). The summed E-state index contributed by atoms with van der Waals surface area (Å²) < 4.78 is 5.75. The minimum absolute atomic E-state index is 0.0246. The van der Waals surface area contributed by atoms with Crippen molar-refractivity contribution in [2.45, 2.75) is 39.3 Å². The number of anilines is 1. The number of hydrogen-bond donors (Lipinski definition) is 2. The molecule has 0 aliphatic heterocycles. The summed E-state index contributed by atoms with van der Waals surface area (Å²) in [5, 5.41) is 4.34. The second kappa shape index (κ2) is 6.80. The Bertz CT molecular complexity index is 407. The van der Waals surface area contributed by atoms with E-state index in [1.807, 2.05) is 19.1 Å². The Kier molecular flexibility index (Phi) is 5.93. The molecule has 0 spiro atoms. The van der Waals surface area contributed by atoms with Crippen molar-refractivity contribution in [1.82, 2.24) is 5.32 Å². The maximum atomic E-state index is 6.07. The monoisotopic (exact) mass is 304 g/mol. The third kappa shape index (κ3) is 5.19. The number of nitrogens with one attached hydrogen (secondary N) is 1. The van der Waals surface area contributed by atoms with Crippen LogP contribution in [-0.4, -0.2) is 18.7 Å². The van der Waals surface area contributed by atoms with Crippen LogP contribution in [0.5, 0.6) is 0 Å². The van der Waals surface area contributed by atoms with E-state index in [1.54, 1.807) is 0 Å². The zero-order valence-corrected chi connectivity index (χ0v) is 13.4. The zero-order valence-electron chi connectivity index (χ0n) is 11.9. The quantitative estimate of drug-likeness (QED) is 0.807. The lowest BCUT2D eigenvalue weighted by Gasteiger charge is -2.26. The zero-order chi connectivity index (χ0) is 14.6. The van der Waals surface area contributed by atoms with E-state index in [1.165, 1.54) is 0 Å². The Balaban J connectivity index is 2.92. The Morgan fingerprint density at radius 1 is 1.26 bits per heavy atom. The van der Waals surface area contributed by atoms with Gasteiger partial charge in [-0.3, -0.25) is 0 Å². The fourth-order valence-corrected chi connectivity index (χ4v) is 2.17. The number of halogens is 2. The molecule has 1 aromatic rings. The van der Waals surface area contributed by atoms with Crippen molar-refractivity contribution in [3.05, 3.63) is 27.7 Å². The molecule has 1 atom stereocenters. The van der Waals surface area contributed by atoms with E-state index in [9.17, 15) is 0 Å². The summed E-state index contributed by atoms with van der Waals surface area (Å²) in [4.78, 5) is 0. The molecular weight excluding hydrogens is 283 g/mol. The molecule has 108 valence electrons. The second-order valence-electron chi connectivity index (χ2n) is 5.47. The molecule has 19 heavy (non-hydrogen) atoms. The molecule has 0 saturated heterocycles. The number of ether oxygens (including phenoxy) is 1. The van der Waals surface area contributed by atoms with Gasteiger partial charge in [0, 0.05) is 18.7 Å². The van der Waals surface area contributed by atoms with Crippen molar-refractivity contribution < 1.29 is 4.74 Å². The third-order valence-electron chi connectivity index (χ3n) is 2.66. The average molecular weight is 305 g/mol. The van der Waals surface area contributed by atoms with E-state index < -0.39 is 0 Å². The second-order valence-corrected chi connectivity index (χ2v) is 6.29. The van der Waals surface area contributed by atoms with Crippen molar-refractivity contribution in [3.8, 4) is 0 Å². The Hall–Kier alpha value is -0.480. The maximum absolute atomic E-state index is 6.07. The van der Waals surface area contributed by atoms with Gasteiger partial charge < -0.3 is 15.8 Å². The Labute approximate surface area is 125 Å². The summed E-state index contributed by atoms with van der Waals surface area (Å²) in [6.07, 6.45) is -0.0974. The van der Waals surface area contributed by atoms with Crippen molar-refractivity contribution in [3.63, 3.8) is 0 Å². The first-order chi connectivity index (χ1) is 8.74. The molecule has 0 heterocycles. The molecule has 1 unspecified atom stereocenters. The standard InChI is InChI=1S/C14H22Cl2N2O/c1-5-19-12(8-18-14(2,3)4)9-6-10(15)13(17)11(16)7-9/h6-7,12,18H,5,8,17H2,1-4H3. The number of nitrogens with two attached hydrogens (primary N) is 1. The molecule has 0 radical (unpaired) electrons. The summed E-state index contributed by atoms with van der Waals surface area (Å²) in [7, 11) is 0. The molecule has 1 aromatic carbocycles. The Morgan fingerprint density at radius 3 is 2.21 bits per heavy atom. The summed E-state index contributed by atoms with van der Waals surface area (Å²) in [5.74, 6) is 0. The predicted molar refractivity (Wildman–Crippen MR) is 83.0 cm³/mol. The Morgan fingerprint density at radius 2 is 1.79 bits per heavy atom. The minimum Gasteiger partial charge on any atom is -0.396 e.